The second-order valence-electron chi connectivity index (χ2n) is 7.32. The molecule has 0 N–H and O–H groups in total. The Kier molecular flexibility index (Phi) is 5.86. The molecule has 0 saturated carbocycles. The molecule has 3 aromatic rings. The zero-order chi connectivity index (χ0) is 19.3. The van der Waals surface area contributed by atoms with Gasteiger partial charge in [0.15, 0.2) is 0 Å². The first-order chi connectivity index (χ1) is 13.8. The summed E-state index contributed by atoms with van der Waals surface area (Å²) in [5.74, 6) is 0.402. The van der Waals surface area contributed by atoms with Crippen molar-refractivity contribution in [1.82, 2.24) is 4.90 Å². The van der Waals surface area contributed by atoms with Gasteiger partial charge in [-0.3, -0.25) is 0 Å². The molecule has 3 aromatic carbocycles. The molecule has 0 spiro atoms. The second kappa shape index (κ2) is 8.69. The predicted octanol–water partition coefficient (Wildman–Crippen LogP) is 4.79. The average Bonchev–Trinajstić information content (AvgIpc) is 3.25. The van der Waals surface area contributed by atoms with Crippen molar-refractivity contribution in [2.75, 3.05) is 14.1 Å². The fraction of sp³-hybridized carbons (Fsp3) is 0.154. The van der Waals surface area contributed by atoms with Crippen LogP contribution in [0.3, 0.4) is 0 Å². The van der Waals surface area contributed by atoms with Gasteiger partial charge in [0.05, 0.1) is 0 Å². The van der Waals surface area contributed by atoms with E-state index in [1.807, 2.05) is 0 Å². The van der Waals surface area contributed by atoms with Crippen LogP contribution in [0.4, 0.5) is 0 Å². The lowest BCUT2D eigenvalue weighted by molar-refractivity contribution is 0.268. The van der Waals surface area contributed by atoms with Crippen molar-refractivity contribution in [2.45, 2.75) is 6.04 Å². The molecule has 0 fully saturated rings. The molecule has 28 heavy (non-hydrogen) atoms. The van der Waals surface area contributed by atoms with Crippen molar-refractivity contribution in [3.05, 3.63) is 115 Å². The Morgan fingerprint density at radius 3 is 1.71 bits per heavy atom. The van der Waals surface area contributed by atoms with Gasteiger partial charge in [-0.15, -0.1) is 0 Å². The molecule has 1 nitrogen and oxygen atoms in total. The molecular formula is C26H26NP. The van der Waals surface area contributed by atoms with Crippen molar-refractivity contribution in [1.29, 1.82) is 0 Å². The molecule has 1 aliphatic rings. The molecule has 0 amide bonds. The molecule has 0 unspecified atom stereocenters. The highest BCUT2D eigenvalue weighted by atomic mass is 31.1. The minimum Gasteiger partial charge on any atom is -0.301 e. The molecule has 0 aromatic heterocycles. The Labute approximate surface area is 169 Å². The first-order valence-corrected chi connectivity index (χ1v) is 11.1. The normalized spacial score (nSPS) is 14.9. The molecular weight excluding hydrogens is 357 g/mol. The summed E-state index contributed by atoms with van der Waals surface area (Å²) in [5.41, 5.74) is 1.42. The molecule has 0 aliphatic heterocycles. The summed E-state index contributed by atoms with van der Waals surface area (Å²) in [5, 5.41) is 4.24. The highest BCUT2D eigenvalue weighted by molar-refractivity contribution is 7.79. The van der Waals surface area contributed by atoms with Gasteiger partial charge in [0.25, 0.3) is 0 Å². The molecule has 2 heteroatoms. The summed E-state index contributed by atoms with van der Waals surface area (Å²) in [4.78, 5) is 2.35. The van der Waals surface area contributed by atoms with Crippen LogP contribution in [0.5, 0.6) is 0 Å². The van der Waals surface area contributed by atoms with E-state index in [0.29, 0.717) is 12.0 Å². The molecule has 1 aliphatic carbocycles. The third kappa shape index (κ3) is 3.87. The van der Waals surface area contributed by atoms with Gasteiger partial charge >= 0.3 is 0 Å². The van der Waals surface area contributed by atoms with Crippen LogP contribution in [0.15, 0.2) is 109 Å². The Morgan fingerprint density at radius 1 is 0.679 bits per heavy atom. The summed E-state index contributed by atoms with van der Waals surface area (Å²) in [7, 11) is 3.77. The fourth-order valence-electron chi connectivity index (χ4n) is 4.01. The standard InChI is InChI=1S/C26H26NP/c1-27(2)26(21-13-9-10-14-21)24-19-11-12-20-25(24)28(22-15-5-3-6-16-22)23-17-7-4-8-18-23/h3-21,26H,1-2H3/t26-/m0/s1. The molecule has 0 heterocycles. The summed E-state index contributed by atoms with van der Waals surface area (Å²) < 4.78 is 0. The summed E-state index contributed by atoms with van der Waals surface area (Å²) in [6.07, 6.45) is 8.96. The smallest absolute Gasteiger partial charge is 0.0446 e. The lowest BCUT2D eigenvalue weighted by atomic mass is 9.93. The van der Waals surface area contributed by atoms with Crippen molar-refractivity contribution >= 4 is 23.8 Å². The monoisotopic (exact) mass is 383 g/mol. The van der Waals surface area contributed by atoms with Crippen LogP contribution in [-0.2, 0) is 0 Å². The van der Waals surface area contributed by atoms with Crippen LogP contribution < -0.4 is 15.9 Å². The van der Waals surface area contributed by atoms with Crippen LogP contribution in [0, 0.1) is 5.92 Å². The maximum Gasteiger partial charge on any atom is 0.0446 e. The van der Waals surface area contributed by atoms with Crippen molar-refractivity contribution in [3.8, 4) is 0 Å². The van der Waals surface area contributed by atoms with Crippen molar-refractivity contribution in [2.24, 2.45) is 5.92 Å². The summed E-state index contributed by atoms with van der Waals surface area (Å²) in [6, 6.07) is 31.3. The Morgan fingerprint density at radius 2 is 1.18 bits per heavy atom. The predicted molar refractivity (Wildman–Crippen MR) is 123 cm³/mol. The van der Waals surface area contributed by atoms with E-state index in [9.17, 15) is 0 Å². The van der Waals surface area contributed by atoms with Crippen molar-refractivity contribution in [3.63, 3.8) is 0 Å². The van der Waals surface area contributed by atoms with Crippen LogP contribution in [0.1, 0.15) is 11.6 Å². The Hall–Kier alpha value is -2.47. The van der Waals surface area contributed by atoms with E-state index in [-0.39, 0.29) is 0 Å². The van der Waals surface area contributed by atoms with Crippen LogP contribution in [-0.4, -0.2) is 19.0 Å². The number of hydrogen-bond donors (Lipinski definition) is 0. The minimum absolute atomic E-state index is 0.323. The molecule has 1 atom stereocenters. The number of nitrogens with zero attached hydrogens (tertiary/aromatic N) is 1. The fourth-order valence-corrected chi connectivity index (χ4v) is 6.51. The van der Waals surface area contributed by atoms with Gasteiger partial charge in [-0.2, -0.15) is 0 Å². The maximum absolute atomic E-state index is 2.35. The van der Waals surface area contributed by atoms with Crippen LogP contribution >= 0.6 is 7.92 Å². The van der Waals surface area contributed by atoms with Gasteiger partial charge in [0.1, 0.15) is 0 Å². The average molecular weight is 383 g/mol. The van der Waals surface area contributed by atoms with Gasteiger partial charge in [0, 0.05) is 12.0 Å². The van der Waals surface area contributed by atoms with Gasteiger partial charge in [0.2, 0.25) is 0 Å². The topological polar surface area (TPSA) is 3.24 Å². The quantitative estimate of drug-likeness (QED) is 0.553. The molecule has 0 radical (unpaired) electrons. The first kappa shape index (κ1) is 18.9. The highest BCUT2D eigenvalue weighted by Gasteiger charge is 2.28. The van der Waals surface area contributed by atoms with Gasteiger partial charge < -0.3 is 4.90 Å². The van der Waals surface area contributed by atoms with E-state index in [1.165, 1.54) is 21.5 Å². The van der Waals surface area contributed by atoms with E-state index >= 15 is 0 Å². The third-order valence-corrected chi connectivity index (χ3v) is 7.74. The largest absolute Gasteiger partial charge is 0.301 e. The van der Waals surface area contributed by atoms with E-state index < -0.39 is 7.92 Å². The van der Waals surface area contributed by atoms with Gasteiger partial charge in [-0.1, -0.05) is 109 Å². The maximum atomic E-state index is 2.35. The second-order valence-corrected chi connectivity index (χ2v) is 9.51. The zero-order valence-electron chi connectivity index (χ0n) is 16.4. The first-order valence-electron chi connectivity index (χ1n) is 9.76. The van der Waals surface area contributed by atoms with Crippen molar-refractivity contribution < 1.29 is 0 Å². The van der Waals surface area contributed by atoms with E-state index in [1.54, 1.807) is 0 Å². The SMILES string of the molecule is CN(C)[C@H](c1ccccc1P(c1ccccc1)c1ccccc1)C1C=CC=C1. The number of allylic oxidation sites excluding steroid dienone is 2. The molecule has 140 valence electrons. The third-order valence-electron chi connectivity index (χ3n) is 5.22. The van der Waals surface area contributed by atoms with E-state index in [2.05, 4.69) is 128 Å². The number of hydrogen-bond acceptors (Lipinski definition) is 1. The Balaban J connectivity index is 1.88. The molecule has 0 bridgehead atoms. The zero-order valence-corrected chi connectivity index (χ0v) is 17.3. The van der Waals surface area contributed by atoms with Crippen LogP contribution in [0.2, 0.25) is 0 Å². The van der Waals surface area contributed by atoms with Gasteiger partial charge in [-0.05, 0) is 43.5 Å². The number of benzene rings is 3. The Bertz CT molecular complexity index is 908. The van der Waals surface area contributed by atoms with E-state index in [4.69, 9.17) is 0 Å². The molecule has 4 rings (SSSR count). The minimum atomic E-state index is -0.613. The highest BCUT2D eigenvalue weighted by Crippen LogP contribution is 2.39. The lowest BCUT2D eigenvalue weighted by Gasteiger charge is -2.32. The van der Waals surface area contributed by atoms with Crippen LogP contribution in [0.25, 0.3) is 0 Å². The lowest BCUT2D eigenvalue weighted by Crippen LogP contribution is -2.32. The van der Waals surface area contributed by atoms with Gasteiger partial charge in [-0.25, -0.2) is 0 Å². The van der Waals surface area contributed by atoms with E-state index in [0.717, 1.165) is 0 Å². The molecule has 0 saturated heterocycles. The summed E-state index contributed by atoms with van der Waals surface area (Å²) in [6.45, 7) is 0. The number of rotatable bonds is 6. The summed E-state index contributed by atoms with van der Waals surface area (Å²) >= 11 is 0.